The van der Waals surface area contributed by atoms with E-state index in [1.165, 1.54) is 9.13 Å². The van der Waals surface area contributed by atoms with Gasteiger partial charge in [-0.2, -0.15) is 9.97 Å². The largest absolute Gasteiger partial charge is 0.339 e. The van der Waals surface area contributed by atoms with E-state index in [-0.39, 0.29) is 17.3 Å². The van der Waals surface area contributed by atoms with Crippen molar-refractivity contribution in [2.45, 2.75) is 45.7 Å². The maximum Gasteiger partial charge on any atom is 0.332 e. The number of aryl methyl sites for hydroxylation is 2. The van der Waals surface area contributed by atoms with Gasteiger partial charge in [-0.05, 0) is 36.1 Å². The quantitative estimate of drug-likeness (QED) is 0.387. The fraction of sp³-hybridized carbons (Fsp3) is 0.318. The average molecular weight is 455 g/mol. The van der Waals surface area contributed by atoms with E-state index < -0.39 is 11.2 Å². The summed E-state index contributed by atoms with van der Waals surface area (Å²) in [6.07, 6.45) is 6.30. The van der Waals surface area contributed by atoms with Gasteiger partial charge in [-0.3, -0.25) is 13.9 Å². The van der Waals surface area contributed by atoms with Crippen LogP contribution >= 0.6 is 11.6 Å². The van der Waals surface area contributed by atoms with E-state index >= 15 is 0 Å². The molecule has 0 saturated heterocycles. The molecule has 0 aliphatic rings. The number of imidazole rings is 1. The third-order valence-corrected chi connectivity index (χ3v) is 5.23. The molecule has 0 aliphatic carbocycles. The minimum absolute atomic E-state index is 0.0847. The smallest absolute Gasteiger partial charge is 0.332 e. The Morgan fingerprint density at radius 2 is 1.84 bits per heavy atom. The minimum Gasteiger partial charge on any atom is -0.339 e. The van der Waals surface area contributed by atoms with Gasteiger partial charge in [-0.25, -0.2) is 4.79 Å². The Bertz CT molecular complexity index is 1350. The van der Waals surface area contributed by atoms with Crippen LogP contribution in [0.1, 0.15) is 43.5 Å². The molecule has 1 aromatic carbocycles. The van der Waals surface area contributed by atoms with Gasteiger partial charge in [-0.15, -0.1) is 0 Å². The van der Waals surface area contributed by atoms with Crippen molar-refractivity contribution in [3.63, 3.8) is 0 Å². The summed E-state index contributed by atoms with van der Waals surface area (Å²) in [5.74, 6) is 0.916. The van der Waals surface area contributed by atoms with Gasteiger partial charge < -0.3 is 9.51 Å². The van der Waals surface area contributed by atoms with Gasteiger partial charge in [0.15, 0.2) is 17.0 Å². The third kappa shape index (κ3) is 4.72. The second-order valence-corrected chi connectivity index (χ2v) is 7.72. The van der Waals surface area contributed by atoms with Crippen LogP contribution in [0.25, 0.3) is 23.3 Å². The molecule has 3 aromatic heterocycles. The van der Waals surface area contributed by atoms with Crippen LogP contribution in [0.4, 0.5) is 0 Å². The molecule has 10 heteroatoms. The predicted octanol–water partition coefficient (Wildman–Crippen LogP) is 3.53. The molecule has 4 aromatic rings. The summed E-state index contributed by atoms with van der Waals surface area (Å²) in [6.45, 7) is 2.71. The van der Waals surface area contributed by atoms with Crippen LogP contribution in [0.3, 0.4) is 0 Å². The Morgan fingerprint density at radius 1 is 1.06 bits per heavy atom. The number of aromatic amines is 1. The molecule has 0 bridgehead atoms. The molecule has 1 N–H and O–H groups in total. The zero-order valence-corrected chi connectivity index (χ0v) is 18.4. The molecule has 0 spiro atoms. The molecule has 0 amide bonds. The van der Waals surface area contributed by atoms with E-state index in [0.717, 1.165) is 18.4 Å². The number of nitrogens with one attached hydrogen (secondary N) is 1. The van der Waals surface area contributed by atoms with E-state index in [1.807, 2.05) is 43.3 Å². The first kappa shape index (κ1) is 21.8. The van der Waals surface area contributed by atoms with Gasteiger partial charge in [0, 0.05) is 19.5 Å². The van der Waals surface area contributed by atoms with E-state index in [1.54, 1.807) is 6.08 Å². The van der Waals surface area contributed by atoms with Crippen LogP contribution in [-0.2, 0) is 19.5 Å². The maximum absolute atomic E-state index is 13.0. The number of H-pyrrole nitrogens is 1. The van der Waals surface area contributed by atoms with Crippen molar-refractivity contribution in [2.24, 2.45) is 0 Å². The lowest BCUT2D eigenvalue weighted by Crippen LogP contribution is -2.40. The Labute approximate surface area is 188 Å². The summed E-state index contributed by atoms with van der Waals surface area (Å²) in [4.78, 5) is 37.0. The van der Waals surface area contributed by atoms with Crippen LogP contribution in [0.5, 0.6) is 0 Å². The molecule has 9 nitrogen and oxygen atoms in total. The number of halogens is 1. The minimum atomic E-state index is -0.436. The van der Waals surface area contributed by atoms with Gasteiger partial charge in [0.05, 0.1) is 0 Å². The Balaban J connectivity index is 1.48. The van der Waals surface area contributed by atoms with Crippen molar-refractivity contribution in [1.29, 1.82) is 0 Å². The number of hydrogen-bond donors (Lipinski definition) is 1. The molecule has 3 heterocycles. The van der Waals surface area contributed by atoms with Crippen molar-refractivity contribution in [3.8, 4) is 0 Å². The van der Waals surface area contributed by atoms with E-state index in [0.29, 0.717) is 36.7 Å². The van der Waals surface area contributed by atoms with Crippen molar-refractivity contribution in [2.75, 3.05) is 0 Å². The molecule has 4 rings (SSSR count). The van der Waals surface area contributed by atoms with Gasteiger partial charge in [0.1, 0.15) is 0 Å². The van der Waals surface area contributed by atoms with Crippen LogP contribution in [0.2, 0.25) is 5.28 Å². The number of fused-ring (bicyclic) bond motifs is 1. The molecule has 0 aliphatic heterocycles. The molecule has 0 atom stereocenters. The first-order valence-corrected chi connectivity index (χ1v) is 10.9. The zero-order valence-electron chi connectivity index (χ0n) is 17.6. The van der Waals surface area contributed by atoms with E-state index in [2.05, 4.69) is 20.1 Å². The lowest BCUT2D eigenvalue weighted by molar-refractivity contribution is 0.369. The molecule has 32 heavy (non-hydrogen) atoms. The predicted molar refractivity (Wildman–Crippen MR) is 123 cm³/mol. The van der Waals surface area contributed by atoms with Crippen LogP contribution in [-0.4, -0.2) is 29.2 Å². The summed E-state index contributed by atoms with van der Waals surface area (Å²) in [5.41, 5.74) is 0.732. The van der Waals surface area contributed by atoms with Gasteiger partial charge in [0.25, 0.3) is 5.56 Å². The Kier molecular flexibility index (Phi) is 6.65. The van der Waals surface area contributed by atoms with Crippen LogP contribution < -0.4 is 11.2 Å². The van der Waals surface area contributed by atoms with Crippen LogP contribution in [0.15, 0.2) is 44.4 Å². The topological polar surface area (TPSA) is 112 Å². The Hall–Kier alpha value is -3.46. The number of benzene rings is 1. The van der Waals surface area contributed by atoms with Crippen LogP contribution in [0, 0.1) is 0 Å². The standard InChI is InChI=1S/C22H23ClN6O3/c1-2-3-13-28-19-18(25-21(23)26-19)20(30)29(22(28)31)14-7-10-17-24-16(27-32-17)12-11-15-8-5-4-6-9-15/h4-6,8-9,11-12H,2-3,7,10,13-14H2,1H3,(H,25,26)/b12-11+. The van der Waals surface area contributed by atoms with Crippen molar-refractivity contribution < 1.29 is 4.52 Å². The highest BCUT2D eigenvalue weighted by Crippen LogP contribution is 2.11. The summed E-state index contributed by atoms with van der Waals surface area (Å²) >= 11 is 5.95. The molecule has 166 valence electrons. The van der Waals surface area contributed by atoms with Gasteiger partial charge in [0.2, 0.25) is 11.2 Å². The SMILES string of the molecule is CCCCn1c(=O)n(CCCc2nc(/C=C/c3ccccc3)no2)c(=O)c2[nH]c(Cl)nc21. The highest BCUT2D eigenvalue weighted by Gasteiger charge is 2.17. The number of rotatable bonds is 9. The van der Waals surface area contributed by atoms with E-state index in [4.69, 9.17) is 16.1 Å². The van der Waals surface area contributed by atoms with Gasteiger partial charge in [-0.1, -0.05) is 54.9 Å². The molecular formula is C22H23ClN6O3. The Morgan fingerprint density at radius 3 is 2.62 bits per heavy atom. The van der Waals surface area contributed by atoms with Crippen molar-refractivity contribution in [3.05, 3.63) is 73.7 Å². The fourth-order valence-electron chi connectivity index (χ4n) is 3.41. The third-order valence-electron chi connectivity index (χ3n) is 5.05. The summed E-state index contributed by atoms with van der Waals surface area (Å²) in [6, 6.07) is 9.81. The highest BCUT2D eigenvalue weighted by molar-refractivity contribution is 6.28. The second-order valence-electron chi connectivity index (χ2n) is 7.36. The molecule has 0 fully saturated rings. The normalized spacial score (nSPS) is 11.7. The second kappa shape index (κ2) is 9.78. The number of aromatic nitrogens is 6. The first-order chi connectivity index (χ1) is 15.6. The molecule has 0 unspecified atom stereocenters. The molecule has 0 radical (unpaired) electrons. The molecular weight excluding hydrogens is 432 g/mol. The zero-order chi connectivity index (χ0) is 22.5. The lowest BCUT2D eigenvalue weighted by Gasteiger charge is -2.10. The summed E-state index contributed by atoms with van der Waals surface area (Å²) in [5, 5.41) is 4.03. The summed E-state index contributed by atoms with van der Waals surface area (Å²) < 4.78 is 7.99. The highest BCUT2D eigenvalue weighted by atomic mass is 35.5. The van der Waals surface area contributed by atoms with E-state index in [9.17, 15) is 9.59 Å². The van der Waals surface area contributed by atoms with Crippen molar-refractivity contribution >= 4 is 34.9 Å². The monoisotopic (exact) mass is 454 g/mol. The maximum atomic E-state index is 13.0. The first-order valence-electron chi connectivity index (χ1n) is 10.5. The average Bonchev–Trinajstić information content (AvgIpc) is 3.42. The number of nitrogens with zero attached hydrogens (tertiary/aromatic N) is 5. The fourth-order valence-corrected chi connectivity index (χ4v) is 3.59. The lowest BCUT2D eigenvalue weighted by atomic mass is 10.2. The van der Waals surface area contributed by atoms with Gasteiger partial charge >= 0.3 is 5.69 Å². The number of unbranched alkanes of at least 4 members (excludes halogenated alkanes) is 1. The number of hydrogen-bond acceptors (Lipinski definition) is 6. The molecule has 0 saturated carbocycles. The van der Waals surface area contributed by atoms with Crippen molar-refractivity contribution in [1.82, 2.24) is 29.2 Å². The summed E-state index contributed by atoms with van der Waals surface area (Å²) in [7, 11) is 0.